The lowest BCUT2D eigenvalue weighted by Gasteiger charge is -2.11. The molecule has 22 heavy (non-hydrogen) atoms. The fourth-order valence-corrected chi connectivity index (χ4v) is 1.98. The summed E-state index contributed by atoms with van der Waals surface area (Å²) >= 11 is 0. The van der Waals surface area contributed by atoms with Gasteiger partial charge in [-0.25, -0.2) is 9.98 Å². The van der Waals surface area contributed by atoms with E-state index in [1.54, 1.807) is 0 Å². The Kier molecular flexibility index (Phi) is 4.99. The summed E-state index contributed by atoms with van der Waals surface area (Å²) < 4.78 is 0. The van der Waals surface area contributed by atoms with Crippen LogP contribution in [0.3, 0.4) is 0 Å². The normalized spacial score (nSPS) is 11.4. The highest BCUT2D eigenvalue weighted by atomic mass is 15.1. The Morgan fingerprint density at radius 2 is 1.95 bits per heavy atom. The second kappa shape index (κ2) is 6.93. The Labute approximate surface area is 131 Å². The topological polar surface area (TPSA) is 66.5 Å². The lowest BCUT2D eigenvalue weighted by atomic mass is 10.1. The van der Waals surface area contributed by atoms with E-state index in [4.69, 9.17) is 5.73 Å². The molecule has 0 aliphatic heterocycles. The van der Waals surface area contributed by atoms with Crippen molar-refractivity contribution in [3.8, 4) is 0 Å². The van der Waals surface area contributed by atoms with Gasteiger partial charge in [0.25, 0.3) is 0 Å². The Bertz CT molecular complexity index is 676. The second-order valence-electron chi connectivity index (χ2n) is 5.51. The van der Waals surface area contributed by atoms with Crippen LogP contribution in [-0.4, -0.2) is 25.0 Å². The van der Waals surface area contributed by atoms with Crippen molar-refractivity contribution in [2.75, 3.05) is 24.3 Å². The molecular weight excluding hydrogens is 274 g/mol. The third-order valence-electron chi connectivity index (χ3n) is 3.44. The molecular formula is C17H23N5. The van der Waals surface area contributed by atoms with Crippen LogP contribution < -0.4 is 16.0 Å². The molecule has 0 aliphatic rings. The number of aliphatic imine (C=N–C) groups is 1. The number of pyridine rings is 1. The molecule has 1 heterocycles. The van der Waals surface area contributed by atoms with Gasteiger partial charge < -0.3 is 16.0 Å². The molecule has 0 aliphatic carbocycles. The molecule has 3 N–H and O–H groups in total. The Hall–Kier alpha value is -2.56. The maximum absolute atomic E-state index is 5.94. The fourth-order valence-electron chi connectivity index (χ4n) is 1.98. The van der Waals surface area contributed by atoms with E-state index >= 15 is 0 Å². The minimum atomic E-state index is 0.389. The lowest BCUT2D eigenvalue weighted by molar-refractivity contribution is 0.958. The average Bonchev–Trinajstić information content (AvgIpc) is 2.49. The maximum atomic E-state index is 5.94. The van der Waals surface area contributed by atoms with Crippen molar-refractivity contribution in [3.63, 3.8) is 0 Å². The number of nitrogens with two attached hydrogens (primary N) is 1. The molecule has 5 nitrogen and oxygen atoms in total. The summed E-state index contributed by atoms with van der Waals surface area (Å²) in [5.41, 5.74) is 10.2. The summed E-state index contributed by atoms with van der Waals surface area (Å²) in [5.74, 6) is 1.30. The van der Waals surface area contributed by atoms with Gasteiger partial charge >= 0.3 is 0 Å². The molecule has 1 aromatic heterocycles. The third kappa shape index (κ3) is 4.22. The van der Waals surface area contributed by atoms with Gasteiger partial charge in [-0.3, -0.25) is 0 Å². The van der Waals surface area contributed by atoms with Crippen LogP contribution in [0, 0.1) is 13.8 Å². The molecule has 0 spiro atoms. The van der Waals surface area contributed by atoms with Crippen molar-refractivity contribution in [2.45, 2.75) is 20.4 Å². The number of nitrogens with zero attached hydrogens (tertiary/aromatic N) is 3. The van der Waals surface area contributed by atoms with E-state index in [9.17, 15) is 0 Å². The van der Waals surface area contributed by atoms with Crippen LogP contribution in [-0.2, 0) is 6.54 Å². The van der Waals surface area contributed by atoms with E-state index in [1.165, 1.54) is 11.1 Å². The van der Waals surface area contributed by atoms with Crippen molar-refractivity contribution in [2.24, 2.45) is 10.7 Å². The van der Waals surface area contributed by atoms with Crippen LogP contribution in [0.25, 0.3) is 0 Å². The highest BCUT2D eigenvalue weighted by Gasteiger charge is 2.01. The van der Waals surface area contributed by atoms with Crippen molar-refractivity contribution in [1.29, 1.82) is 0 Å². The Morgan fingerprint density at radius 1 is 1.18 bits per heavy atom. The molecule has 1 aromatic carbocycles. The highest BCUT2D eigenvalue weighted by molar-refractivity contribution is 5.92. The van der Waals surface area contributed by atoms with E-state index < -0.39 is 0 Å². The molecule has 0 unspecified atom stereocenters. The zero-order chi connectivity index (χ0) is 16.1. The number of nitrogens with one attached hydrogen (secondary N) is 1. The molecule has 2 rings (SSSR count). The van der Waals surface area contributed by atoms with Gasteiger partial charge in [-0.1, -0.05) is 12.1 Å². The number of rotatable bonds is 4. The SMILES string of the molecule is Cc1ccc(NC(N)=NCc2cccc(N(C)C)n2)cc1C. The first-order chi connectivity index (χ1) is 10.5. The third-order valence-corrected chi connectivity index (χ3v) is 3.44. The number of aryl methyl sites for hydroxylation is 2. The van der Waals surface area contributed by atoms with Crippen LogP contribution in [0.4, 0.5) is 11.5 Å². The molecule has 0 fully saturated rings. The van der Waals surface area contributed by atoms with E-state index in [2.05, 4.69) is 41.3 Å². The zero-order valence-corrected chi connectivity index (χ0v) is 13.6. The summed E-state index contributed by atoms with van der Waals surface area (Å²) in [6.45, 7) is 4.61. The van der Waals surface area contributed by atoms with Gasteiger partial charge in [-0.15, -0.1) is 0 Å². The second-order valence-corrected chi connectivity index (χ2v) is 5.51. The summed E-state index contributed by atoms with van der Waals surface area (Å²) in [5, 5.41) is 3.11. The summed E-state index contributed by atoms with van der Waals surface area (Å²) in [6.07, 6.45) is 0. The monoisotopic (exact) mass is 297 g/mol. The number of guanidine groups is 1. The first kappa shape index (κ1) is 15.8. The number of aromatic nitrogens is 1. The fraction of sp³-hybridized carbons (Fsp3) is 0.294. The van der Waals surface area contributed by atoms with Gasteiger partial charge in [0.2, 0.25) is 0 Å². The molecule has 0 radical (unpaired) electrons. The number of hydrogen-bond donors (Lipinski definition) is 2. The number of hydrogen-bond acceptors (Lipinski definition) is 3. The van der Waals surface area contributed by atoms with E-state index in [0.29, 0.717) is 12.5 Å². The Morgan fingerprint density at radius 3 is 2.64 bits per heavy atom. The van der Waals surface area contributed by atoms with Crippen LogP contribution in [0.15, 0.2) is 41.4 Å². The average molecular weight is 297 g/mol. The summed E-state index contributed by atoms with van der Waals surface area (Å²) in [6, 6.07) is 12.0. The van der Waals surface area contributed by atoms with Crippen LogP contribution >= 0.6 is 0 Å². The van der Waals surface area contributed by atoms with E-state index in [1.807, 2.05) is 43.3 Å². The molecule has 0 saturated heterocycles. The molecule has 0 atom stereocenters. The van der Waals surface area contributed by atoms with Gasteiger partial charge in [0, 0.05) is 19.8 Å². The van der Waals surface area contributed by atoms with Crippen LogP contribution in [0.2, 0.25) is 0 Å². The zero-order valence-electron chi connectivity index (χ0n) is 13.6. The van der Waals surface area contributed by atoms with Gasteiger partial charge in [0.1, 0.15) is 5.82 Å². The van der Waals surface area contributed by atoms with Crippen LogP contribution in [0.5, 0.6) is 0 Å². The standard InChI is InChI=1S/C17H23N5/c1-12-8-9-14(10-13(12)2)21-17(18)19-11-15-6-5-7-16(20-15)22(3)4/h5-10H,11H2,1-4H3,(H3,18,19,21). The van der Waals surface area contributed by atoms with Gasteiger partial charge in [0.05, 0.1) is 12.2 Å². The molecule has 5 heteroatoms. The van der Waals surface area contributed by atoms with Crippen molar-refractivity contribution >= 4 is 17.5 Å². The smallest absolute Gasteiger partial charge is 0.193 e. The van der Waals surface area contributed by atoms with Crippen molar-refractivity contribution in [1.82, 2.24) is 4.98 Å². The number of anilines is 2. The Balaban J connectivity index is 2.03. The van der Waals surface area contributed by atoms with Gasteiger partial charge in [0.15, 0.2) is 5.96 Å². The molecule has 0 amide bonds. The van der Waals surface area contributed by atoms with Crippen molar-refractivity contribution < 1.29 is 0 Å². The largest absolute Gasteiger partial charge is 0.370 e. The van der Waals surface area contributed by atoms with E-state index in [0.717, 1.165) is 17.2 Å². The highest BCUT2D eigenvalue weighted by Crippen LogP contribution is 2.14. The quantitative estimate of drug-likeness (QED) is 0.672. The summed E-state index contributed by atoms with van der Waals surface area (Å²) in [7, 11) is 3.93. The van der Waals surface area contributed by atoms with Gasteiger partial charge in [-0.2, -0.15) is 0 Å². The predicted molar refractivity (Wildman–Crippen MR) is 93.4 cm³/mol. The maximum Gasteiger partial charge on any atom is 0.193 e. The minimum absolute atomic E-state index is 0.389. The minimum Gasteiger partial charge on any atom is -0.370 e. The predicted octanol–water partition coefficient (Wildman–Crippen LogP) is 2.69. The number of benzene rings is 1. The van der Waals surface area contributed by atoms with Crippen LogP contribution in [0.1, 0.15) is 16.8 Å². The first-order valence-corrected chi connectivity index (χ1v) is 7.23. The first-order valence-electron chi connectivity index (χ1n) is 7.23. The van der Waals surface area contributed by atoms with Crippen molar-refractivity contribution in [3.05, 3.63) is 53.2 Å². The summed E-state index contributed by atoms with van der Waals surface area (Å²) in [4.78, 5) is 10.8. The lowest BCUT2D eigenvalue weighted by Crippen LogP contribution is -2.22. The van der Waals surface area contributed by atoms with E-state index in [-0.39, 0.29) is 0 Å². The van der Waals surface area contributed by atoms with Gasteiger partial charge in [-0.05, 0) is 49.2 Å². The molecule has 0 saturated carbocycles. The molecule has 116 valence electrons. The molecule has 0 bridgehead atoms. The molecule has 2 aromatic rings.